The fourth-order valence-electron chi connectivity index (χ4n) is 1.78. The van der Waals surface area contributed by atoms with Gasteiger partial charge in [0.1, 0.15) is 11.4 Å². The first-order chi connectivity index (χ1) is 9.87. The average molecular weight is 295 g/mol. The van der Waals surface area contributed by atoms with Crippen molar-refractivity contribution in [3.05, 3.63) is 36.0 Å². The molecular formula is C16H19F2NO2. The lowest BCUT2D eigenvalue weighted by Gasteiger charge is -2.18. The third-order valence-corrected chi connectivity index (χ3v) is 3.01. The van der Waals surface area contributed by atoms with Gasteiger partial charge in [0.15, 0.2) is 5.76 Å². The Bertz CT molecular complexity index is 588. The first-order valence-electron chi connectivity index (χ1n) is 6.84. The van der Waals surface area contributed by atoms with Gasteiger partial charge in [0, 0.05) is 6.07 Å². The molecule has 0 saturated carbocycles. The third-order valence-electron chi connectivity index (χ3n) is 3.01. The molecule has 0 radical (unpaired) electrons. The molecule has 0 aliphatic rings. The Balaban J connectivity index is 2.16. The van der Waals surface area contributed by atoms with Gasteiger partial charge in [-0.15, -0.1) is 0 Å². The van der Waals surface area contributed by atoms with Gasteiger partial charge in [-0.3, -0.25) is 0 Å². The molecule has 0 aliphatic carbocycles. The monoisotopic (exact) mass is 295 g/mol. The SMILES string of the molecule is CC(C)(C)CCOc1ccccc1-c1cc(C(F)F)no1. The Labute approximate surface area is 122 Å². The molecule has 0 amide bonds. The van der Waals surface area contributed by atoms with Crippen LogP contribution in [0.5, 0.6) is 5.75 Å². The van der Waals surface area contributed by atoms with Crippen molar-refractivity contribution in [3.8, 4) is 17.1 Å². The van der Waals surface area contributed by atoms with E-state index in [-0.39, 0.29) is 16.9 Å². The zero-order valence-corrected chi connectivity index (χ0v) is 12.4. The zero-order valence-electron chi connectivity index (χ0n) is 12.4. The van der Waals surface area contributed by atoms with E-state index in [1.54, 1.807) is 18.2 Å². The van der Waals surface area contributed by atoms with Crippen molar-refractivity contribution in [2.45, 2.75) is 33.6 Å². The molecule has 2 rings (SSSR count). The van der Waals surface area contributed by atoms with Crippen LogP contribution >= 0.6 is 0 Å². The summed E-state index contributed by atoms with van der Waals surface area (Å²) in [6, 6.07) is 8.44. The number of nitrogens with zero attached hydrogens (tertiary/aromatic N) is 1. The summed E-state index contributed by atoms with van der Waals surface area (Å²) in [6.07, 6.45) is -1.75. The smallest absolute Gasteiger partial charge is 0.283 e. The van der Waals surface area contributed by atoms with Gasteiger partial charge in [-0.25, -0.2) is 8.78 Å². The van der Waals surface area contributed by atoms with Crippen LogP contribution < -0.4 is 4.74 Å². The summed E-state index contributed by atoms with van der Waals surface area (Å²) < 4.78 is 35.9. The van der Waals surface area contributed by atoms with E-state index in [0.717, 1.165) is 6.42 Å². The Morgan fingerprint density at radius 3 is 2.57 bits per heavy atom. The first kappa shape index (κ1) is 15.5. The van der Waals surface area contributed by atoms with E-state index in [4.69, 9.17) is 9.26 Å². The molecule has 0 atom stereocenters. The molecule has 0 saturated heterocycles. The predicted molar refractivity (Wildman–Crippen MR) is 76.5 cm³/mol. The van der Waals surface area contributed by atoms with Crippen molar-refractivity contribution in [3.63, 3.8) is 0 Å². The minimum Gasteiger partial charge on any atom is -0.493 e. The van der Waals surface area contributed by atoms with Crippen LogP contribution in [0.4, 0.5) is 8.78 Å². The molecule has 0 spiro atoms. The molecule has 3 nitrogen and oxygen atoms in total. The van der Waals surface area contributed by atoms with Gasteiger partial charge in [-0.2, -0.15) is 0 Å². The van der Waals surface area contributed by atoms with Crippen LogP contribution in [-0.2, 0) is 0 Å². The second-order valence-electron chi connectivity index (χ2n) is 6.07. The molecule has 0 aliphatic heterocycles. The molecule has 5 heteroatoms. The van der Waals surface area contributed by atoms with E-state index >= 15 is 0 Å². The number of alkyl halides is 2. The number of aromatic nitrogens is 1. The van der Waals surface area contributed by atoms with Crippen molar-refractivity contribution in [2.24, 2.45) is 5.41 Å². The van der Waals surface area contributed by atoms with E-state index in [1.807, 2.05) is 6.07 Å². The fraction of sp³-hybridized carbons (Fsp3) is 0.438. The highest BCUT2D eigenvalue weighted by Crippen LogP contribution is 2.32. The quantitative estimate of drug-likeness (QED) is 0.770. The zero-order chi connectivity index (χ0) is 15.5. The number of hydrogen-bond acceptors (Lipinski definition) is 3. The third kappa shape index (κ3) is 4.28. The van der Waals surface area contributed by atoms with Gasteiger partial charge in [0.25, 0.3) is 6.43 Å². The van der Waals surface area contributed by atoms with Crippen molar-refractivity contribution in [2.75, 3.05) is 6.61 Å². The second kappa shape index (κ2) is 6.24. The maximum Gasteiger partial charge on any atom is 0.283 e. The van der Waals surface area contributed by atoms with Crippen LogP contribution in [0, 0.1) is 5.41 Å². The van der Waals surface area contributed by atoms with Gasteiger partial charge < -0.3 is 9.26 Å². The van der Waals surface area contributed by atoms with E-state index in [1.165, 1.54) is 6.07 Å². The first-order valence-corrected chi connectivity index (χ1v) is 6.84. The molecule has 114 valence electrons. The van der Waals surface area contributed by atoms with Crippen LogP contribution in [0.25, 0.3) is 11.3 Å². The Morgan fingerprint density at radius 2 is 1.95 bits per heavy atom. The lowest BCUT2D eigenvalue weighted by atomic mass is 9.93. The molecule has 21 heavy (non-hydrogen) atoms. The molecule has 1 heterocycles. The highest BCUT2D eigenvalue weighted by molar-refractivity contribution is 5.65. The molecule has 0 unspecified atom stereocenters. The standard InChI is InChI=1S/C16H19F2NO2/c1-16(2,3)8-9-20-13-7-5-4-6-11(13)14-10-12(15(17)18)19-21-14/h4-7,10,15H,8-9H2,1-3H3. The molecular weight excluding hydrogens is 276 g/mol. The summed E-state index contributed by atoms with van der Waals surface area (Å²) in [5.41, 5.74) is 0.435. The van der Waals surface area contributed by atoms with Crippen LogP contribution in [-0.4, -0.2) is 11.8 Å². The van der Waals surface area contributed by atoms with E-state index in [9.17, 15) is 8.78 Å². The maximum absolute atomic E-state index is 12.6. The average Bonchev–Trinajstić information content (AvgIpc) is 2.87. The summed E-state index contributed by atoms with van der Waals surface area (Å²) in [5.74, 6) is 0.898. The van der Waals surface area contributed by atoms with Crippen LogP contribution in [0.15, 0.2) is 34.9 Å². The largest absolute Gasteiger partial charge is 0.493 e. The minimum atomic E-state index is -2.64. The molecule has 2 aromatic rings. The number of hydrogen-bond donors (Lipinski definition) is 0. The molecule has 0 fully saturated rings. The molecule has 0 bridgehead atoms. The Hall–Kier alpha value is -1.91. The molecule has 1 aromatic carbocycles. The molecule has 0 N–H and O–H groups in total. The second-order valence-corrected chi connectivity index (χ2v) is 6.07. The van der Waals surface area contributed by atoms with Crippen molar-refractivity contribution in [1.82, 2.24) is 5.16 Å². The van der Waals surface area contributed by atoms with Crippen molar-refractivity contribution in [1.29, 1.82) is 0 Å². The van der Waals surface area contributed by atoms with Gasteiger partial charge in [0.05, 0.1) is 12.2 Å². The van der Waals surface area contributed by atoms with Crippen LogP contribution in [0.3, 0.4) is 0 Å². The van der Waals surface area contributed by atoms with E-state index in [2.05, 4.69) is 25.9 Å². The van der Waals surface area contributed by atoms with Crippen molar-refractivity contribution < 1.29 is 18.0 Å². The summed E-state index contributed by atoms with van der Waals surface area (Å²) in [7, 11) is 0. The summed E-state index contributed by atoms with van der Waals surface area (Å²) in [4.78, 5) is 0. The lowest BCUT2D eigenvalue weighted by molar-refractivity contribution is 0.140. The fourth-order valence-corrected chi connectivity index (χ4v) is 1.78. The van der Waals surface area contributed by atoms with Gasteiger partial charge in [0.2, 0.25) is 0 Å². The summed E-state index contributed by atoms with van der Waals surface area (Å²) in [5, 5.41) is 3.37. The van der Waals surface area contributed by atoms with Gasteiger partial charge in [-0.1, -0.05) is 38.1 Å². The van der Waals surface area contributed by atoms with Crippen molar-refractivity contribution >= 4 is 0 Å². The Kier molecular flexibility index (Phi) is 4.60. The number of ether oxygens (including phenoxy) is 1. The Morgan fingerprint density at radius 1 is 1.24 bits per heavy atom. The van der Waals surface area contributed by atoms with E-state index < -0.39 is 6.43 Å². The van der Waals surface area contributed by atoms with Crippen LogP contribution in [0.2, 0.25) is 0 Å². The summed E-state index contributed by atoms with van der Waals surface area (Å²) in [6.45, 7) is 6.95. The topological polar surface area (TPSA) is 35.3 Å². The minimum absolute atomic E-state index is 0.171. The maximum atomic E-state index is 12.6. The highest BCUT2D eigenvalue weighted by atomic mass is 19.3. The van der Waals surface area contributed by atoms with E-state index in [0.29, 0.717) is 17.9 Å². The number of rotatable bonds is 5. The lowest BCUT2D eigenvalue weighted by Crippen LogP contribution is -2.11. The number of halogens is 2. The number of para-hydroxylation sites is 1. The van der Waals surface area contributed by atoms with Gasteiger partial charge in [-0.05, 0) is 24.0 Å². The van der Waals surface area contributed by atoms with Crippen LogP contribution in [0.1, 0.15) is 39.3 Å². The summed E-state index contributed by atoms with van der Waals surface area (Å²) >= 11 is 0. The number of benzene rings is 1. The normalized spacial score (nSPS) is 11.9. The van der Waals surface area contributed by atoms with Gasteiger partial charge >= 0.3 is 0 Å². The molecule has 1 aromatic heterocycles. The highest BCUT2D eigenvalue weighted by Gasteiger charge is 2.17. The predicted octanol–water partition coefficient (Wildman–Crippen LogP) is 5.09.